The number of hydrogen-bond donors (Lipinski definition) is 1. The van der Waals surface area contributed by atoms with Gasteiger partial charge in [-0.15, -0.1) is 0 Å². The molecule has 2 bridgehead atoms. The minimum Gasteiger partial charge on any atom is -0.494 e. The molecule has 6 heterocycles. The molecule has 4 atom stereocenters. The predicted octanol–water partition coefficient (Wildman–Crippen LogP) is 4.56. The van der Waals surface area contributed by atoms with E-state index in [9.17, 15) is 4.79 Å². The Kier molecular flexibility index (Phi) is 6.67. The van der Waals surface area contributed by atoms with Gasteiger partial charge in [0, 0.05) is 81.1 Å². The maximum Gasteiger partial charge on any atom is 0.254 e. The topological polar surface area (TPSA) is 110 Å². The lowest BCUT2D eigenvalue weighted by atomic mass is 9.99. The minimum absolute atomic E-state index is 0.0264. The average Bonchev–Trinajstić information content (AvgIpc) is 4.00. The third-order valence-electron chi connectivity index (χ3n) is 12.2. The molecule has 5 fully saturated rings. The molecule has 6 aliphatic rings. The van der Waals surface area contributed by atoms with Crippen LogP contribution in [0.15, 0.2) is 53.4 Å². The smallest absolute Gasteiger partial charge is 0.254 e. The van der Waals surface area contributed by atoms with E-state index in [1.807, 2.05) is 35.5 Å². The molecular weight excluding hydrogens is 614 g/mol. The summed E-state index contributed by atoms with van der Waals surface area (Å²) in [5.74, 6) is 5.06. The number of aliphatic imine (C=N–C) groups is 1. The third kappa shape index (κ3) is 4.79. The van der Waals surface area contributed by atoms with E-state index in [-0.39, 0.29) is 24.2 Å². The predicted molar refractivity (Wildman–Crippen MR) is 189 cm³/mol. The number of rotatable bonds is 9. The molecule has 254 valence electrons. The van der Waals surface area contributed by atoms with Gasteiger partial charge in [-0.3, -0.25) is 9.79 Å². The summed E-state index contributed by atoms with van der Waals surface area (Å²) in [5, 5.41) is 1.12. The van der Waals surface area contributed by atoms with Gasteiger partial charge in [0.25, 0.3) is 5.91 Å². The summed E-state index contributed by atoms with van der Waals surface area (Å²) in [7, 11) is 3.90. The number of imidazole rings is 1. The second-order valence-corrected chi connectivity index (χ2v) is 15.5. The van der Waals surface area contributed by atoms with Crippen molar-refractivity contribution in [1.82, 2.24) is 33.8 Å². The quantitative estimate of drug-likeness (QED) is 0.281. The summed E-state index contributed by atoms with van der Waals surface area (Å²) in [4.78, 5) is 35.8. The van der Waals surface area contributed by atoms with Gasteiger partial charge in [-0.25, -0.2) is 9.97 Å². The highest BCUT2D eigenvalue weighted by Gasteiger charge is 2.47. The fourth-order valence-corrected chi connectivity index (χ4v) is 9.19. The molecule has 1 amide bonds. The van der Waals surface area contributed by atoms with Crippen molar-refractivity contribution in [3.8, 4) is 17.3 Å². The van der Waals surface area contributed by atoms with Gasteiger partial charge in [0.05, 0.1) is 18.3 Å². The van der Waals surface area contributed by atoms with Crippen molar-refractivity contribution in [3.63, 3.8) is 0 Å². The maximum absolute atomic E-state index is 14.0. The van der Waals surface area contributed by atoms with Gasteiger partial charge < -0.3 is 34.3 Å². The minimum atomic E-state index is 0.0264. The van der Waals surface area contributed by atoms with Crippen molar-refractivity contribution in [1.29, 1.82) is 0 Å². The van der Waals surface area contributed by atoms with Crippen molar-refractivity contribution in [2.24, 2.45) is 34.4 Å². The van der Waals surface area contributed by atoms with Crippen LogP contribution in [-0.4, -0.2) is 98.0 Å². The highest BCUT2D eigenvalue weighted by Crippen LogP contribution is 2.42. The number of ether oxygens (including phenoxy) is 1. The lowest BCUT2D eigenvalue weighted by Gasteiger charge is -2.47. The third-order valence-corrected chi connectivity index (χ3v) is 12.2. The van der Waals surface area contributed by atoms with Crippen molar-refractivity contribution >= 4 is 34.2 Å². The zero-order valence-corrected chi connectivity index (χ0v) is 28.4. The molecule has 3 aromatic heterocycles. The van der Waals surface area contributed by atoms with Crippen LogP contribution in [-0.2, 0) is 13.1 Å². The molecule has 11 nitrogen and oxygen atoms in total. The fourth-order valence-electron chi connectivity index (χ4n) is 9.19. The van der Waals surface area contributed by atoms with E-state index in [0.717, 1.165) is 79.2 Å². The van der Waals surface area contributed by atoms with E-state index >= 15 is 0 Å². The van der Waals surface area contributed by atoms with Crippen LogP contribution in [0.2, 0.25) is 0 Å². The zero-order chi connectivity index (χ0) is 33.0. The first-order valence-corrected chi connectivity index (χ1v) is 18.3. The average molecular weight is 660 g/mol. The van der Waals surface area contributed by atoms with Gasteiger partial charge in [-0.2, -0.15) is 0 Å². The molecule has 11 heteroatoms. The van der Waals surface area contributed by atoms with Crippen LogP contribution in [0.25, 0.3) is 33.6 Å². The van der Waals surface area contributed by atoms with E-state index in [1.165, 1.54) is 31.5 Å². The summed E-state index contributed by atoms with van der Waals surface area (Å²) in [6.45, 7) is 4.38. The molecule has 3 aliphatic carbocycles. The summed E-state index contributed by atoms with van der Waals surface area (Å²) < 4.78 is 10.8. The highest BCUT2D eigenvalue weighted by atomic mass is 16.5. The largest absolute Gasteiger partial charge is 0.494 e. The lowest BCUT2D eigenvalue weighted by Crippen LogP contribution is -2.52. The molecule has 3 aliphatic heterocycles. The number of hydrogen-bond acceptors (Lipinski definition) is 8. The van der Waals surface area contributed by atoms with Crippen molar-refractivity contribution < 1.29 is 9.53 Å². The Morgan fingerprint density at radius 2 is 1.80 bits per heavy atom. The fraction of sp³-hybridized carbons (Fsp3) is 0.526. The summed E-state index contributed by atoms with van der Waals surface area (Å²) in [5.41, 5.74) is 10.9. The summed E-state index contributed by atoms with van der Waals surface area (Å²) in [6, 6.07) is 10.5. The summed E-state index contributed by atoms with van der Waals surface area (Å²) >= 11 is 0. The van der Waals surface area contributed by atoms with Gasteiger partial charge in [0.1, 0.15) is 28.9 Å². The standard InChI is InChI=1S/C38H45N9O2/c1-43-32(11-13-41-35(43)24-7-8-24)44-17-23(18-44)20-47-34-28(14-27(16-31(34)49-2)38(48)46-21-26-9-10-29(46)33(26)39)42-37(47)30-15-25-4-3-12-40-36(25)45(30)19-22-5-6-22/h3-4,11-16,22-24,26,29,33,35H,5-10,17-21,39H2,1-2H3/t26?,29?,33-,35?/m1/s1. The van der Waals surface area contributed by atoms with Crippen molar-refractivity contribution in [2.75, 3.05) is 33.8 Å². The number of allylic oxidation sites excluding steroid dienone is 1. The molecular formula is C38H45N9O2. The van der Waals surface area contributed by atoms with Gasteiger partial charge in [-0.1, -0.05) is 0 Å². The second-order valence-electron chi connectivity index (χ2n) is 15.5. The van der Waals surface area contributed by atoms with E-state index in [2.05, 4.69) is 44.2 Å². The number of carbonyl (C=O) groups excluding carboxylic acids is 1. The molecule has 2 N–H and O–H groups in total. The van der Waals surface area contributed by atoms with Crippen molar-refractivity contribution in [2.45, 2.75) is 69.9 Å². The number of benzene rings is 1. The first-order chi connectivity index (χ1) is 23.9. The number of likely N-dealkylation sites (tertiary alicyclic amines) is 2. The van der Waals surface area contributed by atoms with E-state index < -0.39 is 0 Å². The Morgan fingerprint density at radius 1 is 0.980 bits per heavy atom. The normalized spacial score (nSPS) is 26.7. The van der Waals surface area contributed by atoms with Crippen LogP contribution in [0.1, 0.15) is 48.9 Å². The molecule has 1 aromatic carbocycles. The van der Waals surface area contributed by atoms with Crippen LogP contribution >= 0.6 is 0 Å². The molecule has 0 spiro atoms. The van der Waals surface area contributed by atoms with E-state index in [0.29, 0.717) is 35.0 Å². The Morgan fingerprint density at radius 3 is 2.53 bits per heavy atom. The van der Waals surface area contributed by atoms with Gasteiger partial charge >= 0.3 is 0 Å². The van der Waals surface area contributed by atoms with Crippen LogP contribution in [0.4, 0.5) is 0 Å². The summed E-state index contributed by atoms with van der Waals surface area (Å²) in [6.07, 6.45) is 13.4. The zero-order valence-electron chi connectivity index (χ0n) is 28.4. The van der Waals surface area contributed by atoms with Crippen molar-refractivity contribution in [3.05, 3.63) is 54.0 Å². The Balaban J connectivity index is 1.04. The molecule has 4 aromatic rings. The number of methoxy groups -OCH3 is 1. The van der Waals surface area contributed by atoms with Crippen LogP contribution < -0.4 is 10.5 Å². The Hall–Kier alpha value is -4.38. The number of nitrogens with zero attached hydrogens (tertiary/aromatic N) is 8. The molecule has 0 radical (unpaired) electrons. The Labute approximate surface area is 286 Å². The monoisotopic (exact) mass is 659 g/mol. The number of amides is 1. The number of fused-ring (bicyclic) bond motifs is 4. The van der Waals surface area contributed by atoms with Gasteiger partial charge in [-0.05, 0) is 92.7 Å². The van der Waals surface area contributed by atoms with E-state index in [4.69, 9.17) is 25.4 Å². The molecule has 2 saturated heterocycles. The van der Waals surface area contributed by atoms with Crippen LogP contribution in [0, 0.1) is 23.7 Å². The number of piperidine rings is 1. The molecule has 49 heavy (non-hydrogen) atoms. The molecule has 3 saturated carbocycles. The van der Waals surface area contributed by atoms with Crippen LogP contribution in [0.3, 0.4) is 0 Å². The number of pyridine rings is 1. The highest BCUT2D eigenvalue weighted by molar-refractivity contribution is 6.00. The maximum atomic E-state index is 14.0. The SMILES string of the molecule is COc1cc(C(=O)N2CC3CCC2[C@@H]3N)cc2nc(-c3cc4cccnc4n3CC3CC3)n(CC3CN(C4=CC=NC(C5CC5)N4C)C3)c12. The second kappa shape index (κ2) is 11.1. The van der Waals surface area contributed by atoms with Crippen LogP contribution in [0.5, 0.6) is 5.75 Å². The first kappa shape index (κ1) is 29.5. The van der Waals surface area contributed by atoms with E-state index in [1.54, 1.807) is 7.11 Å². The molecule has 10 rings (SSSR count). The number of aromatic nitrogens is 4. The number of carbonyl (C=O) groups is 1. The van der Waals surface area contributed by atoms with Gasteiger partial charge in [0.2, 0.25) is 0 Å². The lowest BCUT2D eigenvalue weighted by molar-refractivity contribution is 0.0700. The first-order valence-electron chi connectivity index (χ1n) is 18.3. The number of nitrogens with two attached hydrogens (primary N) is 1. The molecule has 3 unspecified atom stereocenters. The van der Waals surface area contributed by atoms with Gasteiger partial charge in [0.15, 0.2) is 5.82 Å². The Bertz CT molecular complexity index is 2030.